The summed E-state index contributed by atoms with van der Waals surface area (Å²) in [5.41, 5.74) is 0.237. The summed E-state index contributed by atoms with van der Waals surface area (Å²) in [6.07, 6.45) is 3.72. The van der Waals surface area contributed by atoms with Crippen LogP contribution < -0.4 is 56.5 Å². The average Bonchev–Trinajstić information content (AvgIpc) is 2.60. The van der Waals surface area contributed by atoms with Crippen molar-refractivity contribution in [2.24, 2.45) is 5.41 Å². The summed E-state index contributed by atoms with van der Waals surface area (Å²) in [5, 5.41) is 10.7. The molecule has 2 rings (SSSR count). The van der Waals surface area contributed by atoms with E-state index in [9.17, 15) is 5.11 Å². The second-order valence-electron chi connectivity index (χ2n) is 3.77. The number of likely N-dealkylation sites (tertiary alicyclic amines) is 1. The SMILES string of the molecule is [K+].[O-]CC1(CN2CCC2)CC1. The van der Waals surface area contributed by atoms with Crippen molar-refractivity contribution >= 4 is 0 Å². The van der Waals surface area contributed by atoms with Crippen molar-refractivity contribution in [1.29, 1.82) is 0 Å². The van der Waals surface area contributed by atoms with Crippen molar-refractivity contribution in [2.75, 3.05) is 26.2 Å². The summed E-state index contributed by atoms with van der Waals surface area (Å²) in [6.45, 7) is 3.73. The van der Waals surface area contributed by atoms with Crippen molar-refractivity contribution in [2.45, 2.75) is 19.3 Å². The van der Waals surface area contributed by atoms with Crippen LogP contribution in [0.15, 0.2) is 0 Å². The predicted octanol–water partition coefficient (Wildman–Crippen LogP) is -3.16. The van der Waals surface area contributed by atoms with E-state index in [-0.39, 0.29) is 63.4 Å². The van der Waals surface area contributed by atoms with Crippen LogP contribution in [0.3, 0.4) is 0 Å². The van der Waals surface area contributed by atoms with Crippen LogP contribution in [0.25, 0.3) is 0 Å². The van der Waals surface area contributed by atoms with E-state index in [0.29, 0.717) is 0 Å². The van der Waals surface area contributed by atoms with E-state index in [0.717, 1.165) is 6.54 Å². The Labute approximate surface area is 111 Å². The molecule has 0 spiro atoms. The fourth-order valence-electron chi connectivity index (χ4n) is 1.54. The Hall–Kier alpha value is 1.56. The molecule has 0 aromatic carbocycles. The van der Waals surface area contributed by atoms with Gasteiger partial charge in [0, 0.05) is 6.54 Å². The predicted molar refractivity (Wildman–Crippen MR) is 37.6 cm³/mol. The smallest absolute Gasteiger partial charge is 0.854 e. The van der Waals surface area contributed by atoms with E-state index in [4.69, 9.17) is 0 Å². The fraction of sp³-hybridized carbons (Fsp3) is 1.00. The minimum absolute atomic E-state index is 0. The molecule has 1 saturated carbocycles. The Kier molecular flexibility index (Phi) is 4.04. The molecular formula is C8H14KNO. The van der Waals surface area contributed by atoms with Gasteiger partial charge in [-0.25, -0.2) is 0 Å². The van der Waals surface area contributed by atoms with Gasteiger partial charge in [0.2, 0.25) is 0 Å². The molecule has 2 nitrogen and oxygen atoms in total. The molecule has 0 aromatic rings. The fourth-order valence-corrected chi connectivity index (χ4v) is 1.54. The summed E-state index contributed by atoms with van der Waals surface area (Å²) in [4.78, 5) is 2.41. The first-order chi connectivity index (χ1) is 4.85. The molecule has 1 aliphatic heterocycles. The van der Waals surface area contributed by atoms with Crippen LogP contribution >= 0.6 is 0 Å². The summed E-state index contributed by atoms with van der Waals surface area (Å²) >= 11 is 0. The Morgan fingerprint density at radius 1 is 1.27 bits per heavy atom. The zero-order valence-corrected chi connectivity index (χ0v) is 10.4. The van der Waals surface area contributed by atoms with Gasteiger partial charge in [-0.15, -0.1) is 6.61 Å². The first kappa shape index (κ1) is 10.6. The Balaban J connectivity index is 0.000000605. The van der Waals surface area contributed by atoms with Gasteiger partial charge in [-0.2, -0.15) is 0 Å². The monoisotopic (exact) mass is 179 g/mol. The normalized spacial score (nSPS) is 27.0. The van der Waals surface area contributed by atoms with E-state index >= 15 is 0 Å². The molecule has 2 fully saturated rings. The van der Waals surface area contributed by atoms with Gasteiger partial charge in [-0.3, -0.25) is 0 Å². The molecule has 0 unspecified atom stereocenters. The largest absolute Gasteiger partial charge is 1.00 e. The second kappa shape index (κ2) is 4.18. The second-order valence-corrected chi connectivity index (χ2v) is 3.77. The molecule has 0 amide bonds. The van der Waals surface area contributed by atoms with Crippen molar-refractivity contribution < 1.29 is 56.5 Å². The molecule has 0 aromatic heterocycles. The third-order valence-corrected chi connectivity index (χ3v) is 2.77. The Bertz CT molecular complexity index is 132. The zero-order valence-electron chi connectivity index (χ0n) is 7.31. The molecule has 3 heteroatoms. The molecule has 0 radical (unpaired) electrons. The number of hydrogen-bond donors (Lipinski definition) is 0. The van der Waals surface area contributed by atoms with Crippen LogP contribution in [-0.2, 0) is 0 Å². The zero-order chi connectivity index (χ0) is 7.03. The molecule has 0 N–H and O–H groups in total. The maximum Gasteiger partial charge on any atom is 1.00 e. The van der Waals surface area contributed by atoms with Gasteiger partial charge in [0.15, 0.2) is 0 Å². The average molecular weight is 179 g/mol. The quantitative estimate of drug-likeness (QED) is 0.428. The van der Waals surface area contributed by atoms with Crippen molar-refractivity contribution in [3.63, 3.8) is 0 Å². The summed E-state index contributed by atoms with van der Waals surface area (Å²) in [5.74, 6) is 0. The maximum absolute atomic E-state index is 10.7. The summed E-state index contributed by atoms with van der Waals surface area (Å²) < 4.78 is 0. The number of rotatable bonds is 3. The van der Waals surface area contributed by atoms with Gasteiger partial charge in [-0.1, -0.05) is 0 Å². The molecule has 58 valence electrons. The molecule has 0 bridgehead atoms. The number of hydrogen-bond acceptors (Lipinski definition) is 2. The first-order valence-electron chi connectivity index (χ1n) is 4.15. The molecule has 2 aliphatic rings. The number of nitrogens with zero attached hydrogens (tertiary/aromatic N) is 1. The maximum atomic E-state index is 10.7. The van der Waals surface area contributed by atoms with Crippen LogP contribution in [0.5, 0.6) is 0 Å². The van der Waals surface area contributed by atoms with Gasteiger partial charge in [0.25, 0.3) is 0 Å². The van der Waals surface area contributed by atoms with E-state index in [1.54, 1.807) is 0 Å². The molecule has 1 saturated heterocycles. The third-order valence-electron chi connectivity index (χ3n) is 2.77. The van der Waals surface area contributed by atoms with Crippen LogP contribution in [0, 0.1) is 5.41 Å². The van der Waals surface area contributed by atoms with Gasteiger partial charge in [0.1, 0.15) is 0 Å². The minimum Gasteiger partial charge on any atom is -0.854 e. The van der Waals surface area contributed by atoms with E-state index < -0.39 is 0 Å². The van der Waals surface area contributed by atoms with Crippen LogP contribution in [-0.4, -0.2) is 31.1 Å². The van der Waals surface area contributed by atoms with Crippen LogP contribution in [0.1, 0.15) is 19.3 Å². The van der Waals surface area contributed by atoms with E-state index in [1.165, 1.54) is 32.4 Å². The standard InChI is InChI=1S/C8H14NO.K/c10-7-8(2-3-8)6-9-4-1-5-9;/h1-7H2;/q-1;+1. The van der Waals surface area contributed by atoms with E-state index in [2.05, 4.69) is 4.90 Å². The topological polar surface area (TPSA) is 26.3 Å². The molecule has 1 aliphatic carbocycles. The van der Waals surface area contributed by atoms with Gasteiger partial charge in [-0.05, 0) is 37.8 Å². The third kappa shape index (κ3) is 2.50. The van der Waals surface area contributed by atoms with E-state index in [1.807, 2.05) is 0 Å². The first-order valence-corrected chi connectivity index (χ1v) is 4.15. The summed E-state index contributed by atoms with van der Waals surface area (Å²) in [7, 11) is 0. The van der Waals surface area contributed by atoms with Crippen LogP contribution in [0.2, 0.25) is 0 Å². The molecular weight excluding hydrogens is 165 g/mol. The summed E-state index contributed by atoms with van der Waals surface area (Å²) in [6, 6.07) is 0. The Morgan fingerprint density at radius 2 is 1.91 bits per heavy atom. The molecule has 0 atom stereocenters. The minimum atomic E-state index is 0. The van der Waals surface area contributed by atoms with Gasteiger partial charge < -0.3 is 10.0 Å². The van der Waals surface area contributed by atoms with Gasteiger partial charge >= 0.3 is 51.4 Å². The van der Waals surface area contributed by atoms with Crippen molar-refractivity contribution in [3.8, 4) is 0 Å². The van der Waals surface area contributed by atoms with Crippen molar-refractivity contribution in [1.82, 2.24) is 4.90 Å². The Morgan fingerprint density at radius 3 is 2.18 bits per heavy atom. The molecule has 11 heavy (non-hydrogen) atoms. The van der Waals surface area contributed by atoms with Crippen LogP contribution in [0.4, 0.5) is 0 Å². The van der Waals surface area contributed by atoms with Gasteiger partial charge in [0.05, 0.1) is 0 Å². The van der Waals surface area contributed by atoms with Crippen molar-refractivity contribution in [3.05, 3.63) is 0 Å². The molecule has 1 heterocycles.